The number of halogens is 2. The molecule has 0 bridgehead atoms. The Balaban J connectivity index is 2.52. The van der Waals surface area contributed by atoms with Gasteiger partial charge in [-0.2, -0.15) is 0 Å². The third-order valence-electron chi connectivity index (χ3n) is 2.22. The maximum absolute atomic E-state index is 12.9. The normalized spacial score (nSPS) is 13.1. The Morgan fingerprint density at radius 1 is 1.19 bits per heavy atom. The summed E-state index contributed by atoms with van der Waals surface area (Å²) in [5.74, 6) is -1.34. The van der Waals surface area contributed by atoms with E-state index in [0.717, 1.165) is 18.7 Å². The van der Waals surface area contributed by atoms with Crippen LogP contribution >= 0.6 is 0 Å². The predicted molar refractivity (Wildman–Crippen MR) is 59.0 cm³/mol. The molecule has 0 heterocycles. The minimum Gasteiger partial charge on any atom is -0.387 e. The number of rotatable bonds is 5. The average Bonchev–Trinajstić information content (AvgIpc) is 2.21. The van der Waals surface area contributed by atoms with Crippen LogP contribution < -0.4 is 5.32 Å². The Labute approximate surface area is 94.3 Å². The largest absolute Gasteiger partial charge is 0.387 e. The van der Waals surface area contributed by atoms with Crippen molar-refractivity contribution in [1.82, 2.24) is 5.32 Å². The summed E-state index contributed by atoms with van der Waals surface area (Å²) in [5.41, 5.74) is 0.384. The monoisotopic (exact) mass is 229 g/mol. The first-order chi connectivity index (χ1) is 7.50. The summed E-state index contributed by atoms with van der Waals surface area (Å²) in [6.07, 6.45) is -0.811. The third-order valence-corrected chi connectivity index (χ3v) is 2.22. The molecule has 0 spiro atoms. The number of nitrogens with one attached hydrogen (secondary N) is 1. The van der Waals surface area contributed by atoms with Gasteiger partial charge in [-0.05, 0) is 30.2 Å². The summed E-state index contributed by atoms with van der Waals surface area (Å²) < 4.78 is 25.5. The van der Waals surface area contributed by atoms with Gasteiger partial charge in [-0.25, -0.2) is 8.78 Å². The molecule has 90 valence electrons. The highest BCUT2D eigenvalue weighted by molar-refractivity contribution is 5.20. The van der Waals surface area contributed by atoms with Crippen molar-refractivity contribution in [3.8, 4) is 0 Å². The van der Waals surface area contributed by atoms with Crippen LogP contribution in [0.3, 0.4) is 0 Å². The fraction of sp³-hybridized carbons (Fsp3) is 0.500. The van der Waals surface area contributed by atoms with E-state index in [-0.39, 0.29) is 0 Å². The zero-order valence-electron chi connectivity index (χ0n) is 9.50. The first-order valence-electron chi connectivity index (χ1n) is 5.34. The maximum atomic E-state index is 12.9. The molecule has 4 heteroatoms. The Bertz CT molecular complexity index is 342. The van der Waals surface area contributed by atoms with E-state index in [1.54, 1.807) is 0 Å². The Morgan fingerprint density at radius 2 is 1.88 bits per heavy atom. The van der Waals surface area contributed by atoms with Crippen LogP contribution in [0.25, 0.3) is 0 Å². The summed E-state index contributed by atoms with van der Waals surface area (Å²) in [7, 11) is 0. The van der Waals surface area contributed by atoms with Crippen molar-refractivity contribution >= 4 is 0 Å². The highest BCUT2D eigenvalue weighted by Crippen LogP contribution is 2.15. The van der Waals surface area contributed by atoms with Gasteiger partial charge in [-0.15, -0.1) is 0 Å². The van der Waals surface area contributed by atoms with Crippen molar-refractivity contribution in [3.05, 3.63) is 35.4 Å². The van der Waals surface area contributed by atoms with Gasteiger partial charge in [0.15, 0.2) is 11.6 Å². The van der Waals surface area contributed by atoms with E-state index < -0.39 is 17.7 Å². The van der Waals surface area contributed by atoms with Crippen molar-refractivity contribution < 1.29 is 13.9 Å². The van der Waals surface area contributed by atoms with Gasteiger partial charge < -0.3 is 10.4 Å². The summed E-state index contributed by atoms with van der Waals surface area (Å²) in [5, 5.41) is 12.7. The molecule has 0 aromatic heterocycles. The Hall–Kier alpha value is -1.00. The van der Waals surface area contributed by atoms with E-state index in [2.05, 4.69) is 19.2 Å². The van der Waals surface area contributed by atoms with Crippen LogP contribution in [-0.2, 0) is 0 Å². The smallest absolute Gasteiger partial charge is 0.159 e. The van der Waals surface area contributed by atoms with Crippen molar-refractivity contribution in [1.29, 1.82) is 0 Å². The molecule has 0 amide bonds. The molecule has 1 atom stereocenters. The SMILES string of the molecule is CC(C)CNCC(O)c1ccc(F)c(F)c1. The molecule has 0 saturated heterocycles. The summed E-state index contributed by atoms with van der Waals surface area (Å²) in [6.45, 7) is 5.22. The molecule has 0 aliphatic carbocycles. The van der Waals surface area contributed by atoms with Crippen molar-refractivity contribution in [3.63, 3.8) is 0 Å². The van der Waals surface area contributed by atoms with Gasteiger partial charge in [0, 0.05) is 6.54 Å². The van der Waals surface area contributed by atoms with E-state index in [9.17, 15) is 13.9 Å². The van der Waals surface area contributed by atoms with Crippen LogP contribution in [0.2, 0.25) is 0 Å². The molecule has 1 aromatic rings. The number of aliphatic hydroxyl groups is 1. The molecule has 1 aromatic carbocycles. The Kier molecular flexibility index (Phi) is 4.83. The zero-order valence-corrected chi connectivity index (χ0v) is 9.50. The van der Waals surface area contributed by atoms with E-state index >= 15 is 0 Å². The van der Waals surface area contributed by atoms with Crippen LogP contribution in [0.5, 0.6) is 0 Å². The van der Waals surface area contributed by atoms with Crippen molar-refractivity contribution in [2.24, 2.45) is 5.92 Å². The number of hydrogen-bond acceptors (Lipinski definition) is 2. The van der Waals surface area contributed by atoms with Gasteiger partial charge in [-0.3, -0.25) is 0 Å². The second-order valence-corrected chi connectivity index (χ2v) is 4.24. The molecule has 0 aliphatic rings. The molecular weight excluding hydrogens is 212 g/mol. The quantitative estimate of drug-likeness (QED) is 0.811. The molecule has 2 nitrogen and oxygen atoms in total. The van der Waals surface area contributed by atoms with E-state index in [1.807, 2.05) is 0 Å². The summed E-state index contributed by atoms with van der Waals surface area (Å²) in [4.78, 5) is 0. The summed E-state index contributed by atoms with van der Waals surface area (Å²) in [6, 6.07) is 3.44. The van der Waals surface area contributed by atoms with Gasteiger partial charge in [0.2, 0.25) is 0 Å². The fourth-order valence-electron chi connectivity index (χ4n) is 1.35. The van der Waals surface area contributed by atoms with Gasteiger partial charge in [0.05, 0.1) is 6.10 Å². The third kappa shape index (κ3) is 3.87. The molecule has 1 unspecified atom stereocenters. The van der Waals surface area contributed by atoms with Crippen molar-refractivity contribution in [2.75, 3.05) is 13.1 Å². The molecular formula is C12H17F2NO. The molecule has 0 aliphatic heterocycles. The van der Waals surface area contributed by atoms with Gasteiger partial charge in [0.25, 0.3) is 0 Å². The van der Waals surface area contributed by atoms with Gasteiger partial charge in [0.1, 0.15) is 0 Å². The van der Waals surface area contributed by atoms with Gasteiger partial charge in [-0.1, -0.05) is 19.9 Å². The van der Waals surface area contributed by atoms with E-state index in [4.69, 9.17) is 0 Å². The molecule has 0 saturated carbocycles. The number of aliphatic hydroxyl groups excluding tert-OH is 1. The lowest BCUT2D eigenvalue weighted by Crippen LogP contribution is -2.25. The standard InChI is InChI=1S/C12H17F2NO/c1-8(2)6-15-7-12(16)9-3-4-10(13)11(14)5-9/h3-5,8,12,15-16H,6-7H2,1-2H3. The van der Waals surface area contributed by atoms with Crippen LogP contribution in [0.1, 0.15) is 25.5 Å². The van der Waals surface area contributed by atoms with Gasteiger partial charge >= 0.3 is 0 Å². The fourth-order valence-corrected chi connectivity index (χ4v) is 1.35. The van der Waals surface area contributed by atoms with Crippen LogP contribution in [0.15, 0.2) is 18.2 Å². The Morgan fingerprint density at radius 3 is 2.44 bits per heavy atom. The highest BCUT2D eigenvalue weighted by atomic mass is 19.2. The summed E-state index contributed by atoms with van der Waals surface area (Å²) >= 11 is 0. The highest BCUT2D eigenvalue weighted by Gasteiger charge is 2.10. The second-order valence-electron chi connectivity index (χ2n) is 4.24. The molecule has 0 radical (unpaired) electrons. The maximum Gasteiger partial charge on any atom is 0.159 e. The predicted octanol–water partition coefficient (Wildman–Crippen LogP) is 2.24. The minimum absolute atomic E-state index is 0.337. The van der Waals surface area contributed by atoms with Crippen molar-refractivity contribution in [2.45, 2.75) is 20.0 Å². The molecule has 2 N–H and O–H groups in total. The lowest BCUT2D eigenvalue weighted by molar-refractivity contribution is 0.173. The second kappa shape index (κ2) is 5.92. The minimum atomic E-state index is -0.930. The number of hydrogen-bond donors (Lipinski definition) is 2. The van der Waals surface area contributed by atoms with E-state index in [1.165, 1.54) is 6.07 Å². The first kappa shape index (κ1) is 13.1. The lowest BCUT2D eigenvalue weighted by atomic mass is 10.1. The van der Waals surface area contributed by atoms with Crippen LogP contribution in [0, 0.1) is 17.6 Å². The number of benzene rings is 1. The molecule has 1 rings (SSSR count). The topological polar surface area (TPSA) is 32.3 Å². The van der Waals surface area contributed by atoms with Crippen LogP contribution in [-0.4, -0.2) is 18.2 Å². The molecule has 0 fully saturated rings. The van der Waals surface area contributed by atoms with Crippen LogP contribution in [0.4, 0.5) is 8.78 Å². The van der Waals surface area contributed by atoms with E-state index in [0.29, 0.717) is 18.0 Å². The lowest BCUT2D eigenvalue weighted by Gasteiger charge is -2.13. The molecule has 16 heavy (non-hydrogen) atoms. The average molecular weight is 229 g/mol. The first-order valence-corrected chi connectivity index (χ1v) is 5.34. The zero-order chi connectivity index (χ0) is 12.1.